The predicted molar refractivity (Wildman–Crippen MR) is 134 cm³/mol. The maximum Gasteiger partial charge on any atom is 0.341 e. The number of ketones is 1. The third-order valence-electron chi connectivity index (χ3n) is 5.60. The maximum absolute atomic E-state index is 13.5. The SMILES string of the molecule is CCOC(=O)c1c(NC(=O)c2c(Nc3ccccc3)sc(C(C)=O)c2C)sc2c1CCCC2. The first-order valence-electron chi connectivity index (χ1n) is 11.0. The van der Waals surface area contributed by atoms with E-state index in [-0.39, 0.29) is 18.3 Å². The van der Waals surface area contributed by atoms with Crippen LogP contribution in [0, 0.1) is 6.92 Å². The lowest BCUT2D eigenvalue weighted by atomic mass is 9.95. The maximum atomic E-state index is 13.5. The molecule has 0 fully saturated rings. The van der Waals surface area contributed by atoms with Crippen molar-refractivity contribution in [1.82, 2.24) is 0 Å². The average Bonchev–Trinajstić information content (AvgIpc) is 3.31. The molecule has 0 radical (unpaired) electrons. The van der Waals surface area contributed by atoms with Gasteiger partial charge in [-0.05, 0) is 69.7 Å². The summed E-state index contributed by atoms with van der Waals surface area (Å²) in [6.45, 7) is 5.32. The number of fused-ring (bicyclic) bond motifs is 1. The summed E-state index contributed by atoms with van der Waals surface area (Å²) in [7, 11) is 0. The highest BCUT2D eigenvalue weighted by molar-refractivity contribution is 7.19. The molecule has 1 aliphatic carbocycles. The number of rotatable bonds is 7. The van der Waals surface area contributed by atoms with E-state index in [1.54, 1.807) is 13.8 Å². The summed E-state index contributed by atoms with van der Waals surface area (Å²) in [6, 6.07) is 9.51. The van der Waals surface area contributed by atoms with Gasteiger partial charge in [0.05, 0.1) is 22.6 Å². The van der Waals surface area contributed by atoms with Crippen molar-refractivity contribution < 1.29 is 19.1 Å². The first-order chi connectivity index (χ1) is 15.9. The molecule has 172 valence electrons. The fourth-order valence-electron chi connectivity index (χ4n) is 4.10. The van der Waals surface area contributed by atoms with Gasteiger partial charge in [0.2, 0.25) is 0 Å². The van der Waals surface area contributed by atoms with Crippen molar-refractivity contribution in [2.75, 3.05) is 17.2 Å². The third-order valence-corrected chi connectivity index (χ3v) is 8.12. The van der Waals surface area contributed by atoms with Crippen LogP contribution in [-0.2, 0) is 17.6 Å². The van der Waals surface area contributed by atoms with Gasteiger partial charge in [-0.15, -0.1) is 22.7 Å². The second-order valence-electron chi connectivity index (χ2n) is 7.90. The Balaban J connectivity index is 1.72. The molecule has 6 nitrogen and oxygen atoms in total. The molecule has 0 aliphatic heterocycles. The van der Waals surface area contributed by atoms with E-state index < -0.39 is 5.97 Å². The minimum absolute atomic E-state index is 0.0912. The van der Waals surface area contributed by atoms with E-state index in [0.29, 0.717) is 31.6 Å². The summed E-state index contributed by atoms with van der Waals surface area (Å²) < 4.78 is 5.30. The number of amides is 1. The largest absolute Gasteiger partial charge is 0.462 e. The highest BCUT2D eigenvalue weighted by atomic mass is 32.1. The zero-order chi connectivity index (χ0) is 23.5. The molecular weight excluding hydrogens is 456 g/mol. The van der Waals surface area contributed by atoms with Crippen molar-refractivity contribution in [3.63, 3.8) is 0 Å². The van der Waals surface area contributed by atoms with Gasteiger partial charge in [-0.3, -0.25) is 9.59 Å². The number of hydrogen-bond acceptors (Lipinski definition) is 7. The minimum Gasteiger partial charge on any atom is -0.462 e. The average molecular weight is 483 g/mol. The fraction of sp³-hybridized carbons (Fsp3) is 0.320. The van der Waals surface area contributed by atoms with Crippen molar-refractivity contribution in [2.45, 2.75) is 46.5 Å². The molecule has 3 aromatic rings. The second-order valence-corrected chi connectivity index (χ2v) is 10.0. The van der Waals surface area contributed by atoms with Gasteiger partial charge in [-0.25, -0.2) is 4.79 Å². The Morgan fingerprint density at radius 2 is 1.73 bits per heavy atom. The van der Waals surface area contributed by atoms with Crippen molar-refractivity contribution >= 4 is 56.0 Å². The normalized spacial score (nSPS) is 12.7. The Bertz CT molecular complexity index is 1210. The van der Waals surface area contributed by atoms with E-state index in [2.05, 4.69) is 10.6 Å². The summed E-state index contributed by atoms with van der Waals surface area (Å²) in [4.78, 5) is 40.2. The number of carbonyl (C=O) groups is 3. The third kappa shape index (κ3) is 4.72. The van der Waals surface area contributed by atoms with Crippen LogP contribution in [-0.4, -0.2) is 24.3 Å². The number of thiophene rings is 2. The first kappa shape index (κ1) is 23.2. The molecule has 1 aliphatic rings. The van der Waals surface area contributed by atoms with E-state index in [1.165, 1.54) is 29.6 Å². The summed E-state index contributed by atoms with van der Waals surface area (Å²) in [5.74, 6) is -0.841. The first-order valence-corrected chi connectivity index (χ1v) is 12.6. The number of anilines is 3. The van der Waals surface area contributed by atoms with Crippen LogP contribution >= 0.6 is 22.7 Å². The molecule has 1 amide bonds. The van der Waals surface area contributed by atoms with Gasteiger partial charge < -0.3 is 15.4 Å². The van der Waals surface area contributed by atoms with Crippen LogP contribution in [0.25, 0.3) is 0 Å². The molecular formula is C25H26N2O4S2. The van der Waals surface area contributed by atoms with Crippen molar-refractivity contribution in [2.24, 2.45) is 0 Å². The zero-order valence-electron chi connectivity index (χ0n) is 18.9. The summed E-state index contributed by atoms with van der Waals surface area (Å²) >= 11 is 2.72. The number of aryl methyl sites for hydroxylation is 1. The molecule has 8 heteroatoms. The molecule has 0 unspecified atom stereocenters. The highest BCUT2D eigenvalue weighted by Crippen LogP contribution is 2.40. The van der Waals surface area contributed by atoms with E-state index >= 15 is 0 Å². The van der Waals surface area contributed by atoms with Gasteiger partial charge in [0, 0.05) is 10.6 Å². The van der Waals surface area contributed by atoms with Gasteiger partial charge in [0.1, 0.15) is 10.0 Å². The molecule has 0 saturated carbocycles. The van der Waals surface area contributed by atoms with E-state index in [1.807, 2.05) is 30.3 Å². The van der Waals surface area contributed by atoms with Gasteiger partial charge in [0.15, 0.2) is 5.78 Å². The summed E-state index contributed by atoms with van der Waals surface area (Å²) in [6.07, 6.45) is 3.79. The molecule has 0 atom stereocenters. The van der Waals surface area contributed by atoms with Crippen LogP contribution in [0.1, 0.15) is 73.1 Å². The van der Waals surface area contributed by atoms with Crippen LogP contribution in [0.15, 0.2) is 30.3 Å². The molecule has 2 N–H and O–H groups in total. The summed E-state index contributed by atoms with van der Waals surface area (Å²) in [5.41, 5.74) is 3.33. The number of nitrogens with one attached hydrogen (secondary N) is 2. The quantitative estimate of drug-likeness (QED) is 0.302. The zero-order valence-corrected chi connectivity index (χ0v) is 20.5. The van der Waals surface area contributed by atoms with Gasteiger partial charge in [-0.2, -0.15) is 0 Å². The molecule has 2 heterocycles. The number of esters is 1. The number of Topliss-reactive ketones (excluding diaryl/α,β-unsaturated/α-hetero) is 1. The lowest BCUT2D eigenvalue weighted by Crippen LogP contribution is -2.17. The van der Waals surface area contributed by atoms with Crippen LogP contribution in [0.5, 0.6) is 0 Å². The van der Waals surface area contributed by atoms with Crippen molar-refractivity contribution in [3.8, 4) is 0 Å². The number of hydrogen-bond donors (Lipinski definition) is 2. The Hall–Kier alpha value is -2.97. The minimum atomic E-state index is -0.402. The van der Waals surface area contributed by atoms with E-state index in [0.717, 1.165) is 41.8 Å². The van der Waals surface area contributed by atoms with Crippen LogP contribution in [0.2, 0.25) is 0 Å². The smallest absolute Gasteiger partial charge is 0.341 e. The molecule has 4 rings (SSSR count). The standard InChI is InChI=1S/C25H26N2O4S2/c1-4-31-25(30)20-17-12-8-9-13-18(17)32-24(20)27-22(29)19-14(2)21(15(3)28)33-23(19)26-16-10-6-5-7-11-16/h5-7,10-11,26H,4,8-9,12-13H2,1-3H3,(H,27,29). The van der Waals surface area contributed by atoms with Crippen LogP contribution in [0.3, 0.4) is 0 Å². The van der Waals surface area contributed by atoms with Crippen molar-refractivity contribution in [1.29, 1.82) is 0 Å². The van der Waals surface area contributed by atoms with Crippen molar-refractivity contribution in [3.05, 3.63) is 62.3 Å². The number of para-hydroxylation sites is 1. The highest BCUT2D eigenvalue weighted by Gasteiger charge is 2.29. The number of ether oxygens (including phenoxy) is 1. The molecule has 0 spiro atoms. The Morgan fingerprint density at radius 3 is 2.42 bits per heavy atom. The molecule has 1 aromatic carbocycles. The lowest BCUT2D eigenvalue weighted by Gasteiger charge is -2.12. The van der Waals surface area contributed by atoms with Gasteiger partial charge >= 0.3 is 5.97 Å². The topological polar surface area (TPSA) is 84.5 Å². The summed E-state index contributed by atoms with van der Waals surface area (Å²) in [5, 5.41) is 7.37. The lowest BCUT2D eigenvalue weighted by molar-refractivity contribution is 0.0526. The second kappa shape index (κ2) is 9.89. The Labute approximate surface area is 201 Å². The molecule has 2 aromatic heterocycles. The number of benzene rings is 1. The van der Waals surface area contributed by atoms with Crippen LogP contribution < -0.4 is 10.6 Å². The molecule has 0 saturated heterocycles. The molecule has 33 heavy (non-hydrogen) atoms. The Kier molecular flexibility index (Phi) is 6.95. The fourth-order valence-corrected chi connectivity index (χ4v) is 6.49. The van der Waals surface area contributed by atoms with E-state index in [9.17, 15) is 14.4 Å². The van der Waals surface area contributed by atoms with Gasteiger partial charge in [-0.1, -0.05) is 18.2 Å². The Morgan fingerprint density at radius 1 is 1.00 bits per heavy atom. The van der Waals surface area contributed by atoms with Gasteiger partial charge in [0.25, 0.3) is 5.91 Å². The number of carbonyl (C=O) groups excluding carboxylic acids is 3. The predicted octanol–water partition coefficient (Wildman–Crippen LogP) is 6.37. The monoisotopic (exact) mass is 482 g/mol. The molecule has 0 bridgehead atoms. The van der Waals surface area contributed by atoms with Crippen LogP contribution in [0.4, 0.5) is 15.7 Å². The van der Waals surface area contributed by atoms with E-state index in [4.69, 9.17) is 4.74 Å².